The lowest BCUT2D eigenvalue weighted by atomic mass is 10.00. The van der Waals surface area contributed by atoms with Gasteiger partial charge in [-0.05, 0) is 44.7 Å². The Kier molecular flexibility index (Phi) is 9.05. The molecular formula is C33H40ClFN6O5. The van der Waals surface area contributed by atoms with Crippen molar-refractivity contribution in [1.29, 1.82) is 0 Å². The number of anilines is 2. The number of halogens is 2. The molecule has 0 bridgehead atoms. The first-order valence-corrected chi connectivity index (χ1v) is 15.7. The van der Waals surface area contributed by atoms with Crippen molar-refractivity contribution in [3.63, 3.8) is 0 Å². The van der Waals surface area contributed by atoms with Crippen molar-refractivity contribution in [2.75, 3.05) is 38.2 Å². The lowest BCUT2D eigenvalue weighted by Gasteiger charge is -2.40. The highest BCUT2D eigenvalue weighted by Gasteiger charge is 2.42. The van der Waals surface area contributed by atoms with Crippen LogP contribution in [0.1, 0.15) is 82.0 Å². The summed E-state index contributed by atoms with van der Waals surface area (Å²) in [6.45, 7) is 14.0. The Morgan fingerprint density at radius 2 is 1.78 bits per heavy atom. The molecule has 2 aliphatic rings. The van der Waals surface area contributed by atoms with Crippen molar-refractivity contribution in [1.82, 2.24) is 24.8 Å². The zero-order chi connectivity index (χ0) is 33.7. The van der Waals surface area contributed by atoms with E-state index in [1.807, 2.05) is 27.7 Å². The molecule has 0 spiro atoms. The molecule has 2 aromatic heterocycles. The van der Waals surface area contributed by atoms with Crippen LogP contribution in [0.5, 0.6) is 11.5 Å². The van der Waals surface area contributed by atoms with Crippen LogP contribution in [0, 0.1) is 5.82 Å². The van der Waals surface area contributed by atoms with Gasteiger partial charge < -0.3 is 29.3 Å². The number of hydrogen-bond acceptors (Lipinski definition) is 9. The summed E-state index contributed by atoms with van der Waals surface area (Å²) in [5, 5.41) is 10.6. The molecule has 2 aliphatic heterocycles. The summed E-state index contributed by atoms with van der Waals surface area (Å²) in [5.74, 6) is -1.42. The number of rotatable bonds is 5. The monoisotopic (exact) mass is 654 g/mol. The maximum atomic E-state index is 15.3. The van der Waals surface area contributed by atoms with Gasteiger partial charge in [0.25, 0.3) is 5.91 Å². The van der Waals surface area contributed by atoms with Gasteiger partial charge in [-0.3, -0.25) is 4.79 Å². The summed E-state index contributed by atoms with van der Waals surface area (Å²) in [4.78, 5) is 46.3. The number of amides is 2. The second-order valence-corrected chi connectivity index (χ2v) is 13.6. The lowest BCUT2D eigenvalue weighted by Crippen LogP contribution is -2.58. The molecule has 5 rings (SSSR count). The van der Waals surface area contributed by atoms with Gasteiger partial charge in [-0.2, -0.15) is 0 Å². The average molecular weight is 655 g/mol. The van der Waals surface area contributed by atoms with Crippen LogP contribution < -0.4 is 9.64 Å². The number of pyridine rings is 1. The van der Waals surface area contributed by atoms with Crippen LogP contribution in [-0.2, 0) is 4.74 Å². The molecule has 46 heavy (non-hydrogen) atoms. The van der Waals surface area contributed by atoms with E-state index in [0.717, 1.165) is 11.4 Å². The zero-order valence-electron chi connectivity index (χ0n) is 27.4. The maximum Gasteiger partial charge on any atom is 0.410 e. The minimum Gasteiger partial charge on any atom is -0.507 e. The number of piperazine rings is 1. The first kappa shape index (κ1) is 33.2. The topological polar surface area (TPSA) is 121 Å². The van der Waals surface area contributed by atoms with E-state index >= 15 is 4.39 Å². The molecule has 1 saturated heterocycles. The van der Waals surface area contributed by atoms with Crippen LogP contribution in [-0.4, -0.2) is 86.8 Å². The summed E-state index contributed by atoms with van der Waals surface area (Å²) >= 11 is 6.91. The van der Waals surface area contributed by atoms with E-state index in [0.29, 0.717) is 5.69 Å². The number of nitrogens with zero attached hydrogens (tertiary/aromatic N) is 6. The molecule has 1 aromatic carbocycles. The highest BCUT2D eigenvalue weighted by molar-refractivity contribution is 6.35. The molecule has 0 unspecified atom stereocenters. The molecule has 3 aromatic rings. The number of benzene rings is 1. The summed E-state index contributed by atoms with van der Waals surface area (Å²) < 4.78 is 27.2. The third-order valence-electron chi connectivity index (χ3n) is 7.96. The highest BCUT2D eigenvalue weighted by Crippen LogP contribution is 2.47. The number of hydrogen-bond donors (Lipinski definition) is 1. The van der Waals surface area contributed by atoms with Gasteiger partial charge in [-0.15, -0.1) is 0 Å². The van der Waals surface area contributed by atoms with E-state index in [1.165, 1.54) is 24.5 Å². The van der Waals surface area contributed by atoms with Crippen molar-refractivity contribution in [2.45, 2.75) is 71.9 Å². The fraction of sp³-hybridized carbons (Fsp3) is 0.485. The predicted octanol–water partition coefficient (Wildman–Crippen LogP) is 6.51. The van der Waals surface area contributed by atoms with E-state index in [9.17, 15) is 14.7 Å². The average Bonchev–Trinajstić information content (AvgIpc) is 3.12. The smallest absolute Gasteiger partial charge is 0.410 e. The number of phenols is 1. The van der Waals surface area contributed by atoms with E-state index in [1.54, 1.807) is 42.5 Å². The minimum absolute atomic E-state index is 0.00342. The summed E-state index contributed by atoms with van der Waals surface area (Å²) in [6.07, 6.45) is 1.04. The molecule has 4 heterocycles. The van der Waals surface area contributed by atoms with Gasteiger partial charge in [-0.1, -0.05) is 45.4 Å². The fourth-order valence-corrected chi connectivity index (χ4v) is 6.08. The van der Waals surface area contributed by atoms with Crippen molar-refractivity contribution < 1.29 is 28.6 Å². The van der Waals surface area contributed by atoms with Gasteiger partial charge in [0.05, 0.1) is 28.7 Å². The minimum atomic E-state index is -0.748. The van der Waals surface area contributed by atoms with Crippen molar-refractivity contribution in [2.24, 2.45) is 0 Å². The number of carbonyl (C=O) groups is 2. The summed E-state index contributed by atoms with van der Waals surface area (Å²) in [5.41, 5.74) is 1.19. The fourth-order valence-electron chi connectivity index (χ4n) is 5.80. The Hall–Kier alpha value is -4.19. The third-order valence-corrected chi connectivity index (χ3v) is 8.31. The van der Waals surface area contributed by atoms with Gasteiger partial charge in [-0.25, -0.2) is 24.1 Å². The van der Waals surface area contributed by atoms with Crippen LogP contribution in [0.3, 0.4) is 0 Å². The molecule has 2 amide bonds. The van der Waals surface area contributed by atoms with Crippen LogP contribution in [0.2, 0.25) is 5.02 Å². The predicted molar refractivity (Wildman–Crippen MR) is 173 cm³/mol. The standard InChI is InChI=1S/C33H40ClFN6O5/c1-17(2)25-28(26(18(3)4)37-16-36-25)39(8)30-23-29(24(34)27(38-30)22-20(35)10-9-11-21(22)42)45-15-19-14-40(12-13-41(19)31(23)43)32(44)46-33(5,6)7/h9-11,16-19,42H,12-15H2,1-8H3/t19-/m1/s1. The Balaban J connectivity index is 1.70. The molecule has 1 fully saturated rings. The number of ether oxygens (including phenoxy) is 2. The van der Waals surface area contributed by atoms with Crippen LogP contribution in [0.25, 0.3) is 11.3 Å². The Bertz CT molecular complexity index is 1630. The van der Waals surface area contributed by atoms with Crippen molar-refractivity contribution in [3.8, 4) is 22.8 Å². The van der Waals surface area contributed by atoms with E-state index in [4.69, 9.17) is 26.1 Å². The first-order valence-electron chi connectivity index (χ1n) is 15.3. The van der Waals surface area contributed by atoms with E-state index in [-0.39, 0.29) is 77.2 Å². The molecule has 0 saturated carbocycles. The van der Waals surface area contributed by atoms with E-state index in [2.05, 4.69) is 9.97 Å². The zero-order valence-corrected chi connectivity index (χ0v) is 28.1. The molecule has 1 N–H and O–H groups in total. The largest absolute Gasteiger partial charge is 0.507 e. The quantitative estimate of drug-likeness (QED) is 0.328. The number of fused-ring (bicyclic) bond motifs is 2. The van der Waals surface area contributed by atoms with E-state index < -0.39 is 29.5 Å². The molecular weight excluding hydrogens is 615 g/mol. The Morgan fingerprint density at radius 3 is 2.37 bits per heavy atom. The molecule has 1 atom stereocenters. The first-order chi connectivity index (χ1) is 21.6. The Labute approximate surface area is 273 Å². The second kappa shape index (κ2) is 12.5. The summed E-state index contributed by atoms with van der Waals surface area (Å²) in [7, 11) is 1.74. The normalized spacial score (nSPS) is 16.6. The maximum absolute atomic E-state index is 15.3. The molecule has 0 aliphatic carbocycles. The third kappa shape index (κ3) is 6.14. The van der Waals surface area contributed by atoms with Gasteiger partial charge >= 0.3 is 6.09 Å². The van der Waals surface area contributed by atoms with Crippen LogP contribution in [0.15, 0.2) is 24.5 Å². The SMILES string of the molecule is CC(C)c1ncnc(C(C)C)c1N(C)c1nc(-c2c(O)cccc2F)c(Cl)c2c1C(=O)N1CCN(C(=O)OC(C)(C)C)C[C@@H]1CO2. The van der Waals surface area contributed by atoms with Crippen LogP contribution in [0.4, 0.5) is 20.7 Å². The van der Waals surface area contributed by atoms with Gasteiger partial charge in [0.1, 0.15) is 52.2 Å². The lowest BCUT2D eigenvalue weighted by molar-refractivity contribution is 0.000956. The summed E-state index contributed by atoms with van der Waals surface area (Å²) in [6, 6.07) is 3.37. The van der Waals surface area contributed by atoms with Crippen molar-refractivity contribution >= 4 is 35.1 Å². The number of phenolic OH excluding ortho intramolecular Hbond substituents is 1. The molecule has 0 radical (unpaired) electrons. The molecule has 13 heteroatoms. The number of carbonyl (C=O) groups excluding carboxylic acids is 2. The van der Waals surface area contributed by atoms with Crippen molar-refractivity contribution in [3.05, 3.63) is 52.3 Å². The number of aromatic hydroxyl groups is 1. The van der Waals surface area contributed by atoms with Gasteiger partial charge in [0.2, 0.25) is 0 Å². The molecule has 246 valence electrons. The second-order valence-electron chi connectivity index (χ2n) is 13.2. The highest BCUT2D eigenvalue weighted by atomic mass is 35.5. The van der Waals surface area contributed by atoms with Gasteiger partial charge in [0, 0.05) is 26.7 Å². The number of aromatic nitrogens is 3. The van der Waals surface area contributed by atoms with Gasteiger partial charge in [0.15, 0.2) is 5.75 Å². The molecule has 11 nitrogen and oxygen atoms in total. The van der Waals surface area contributed by atoms with Crippen LogP contribution >= 0.6 is 11.6 Å². The Morgan fingerprint density at radius 1 is 1.13 bits per heavy atom.